The van der Waals surface area contributed by atoms with Gasteiger partial charge in [-0.3, -0.25) is 0 Å². The quantitative estimate of drug-likeness (QED) is 0.302. The van der Waals surface area contributed by atoms with Crippen LogP contribution in [0.4, 0.5) is 0 Å². The lowest BCUT2D eigenvalue weighted by atomic mass is 11.6. The fourth-order valence-electron chi connectivity index (χ4n) is 0.300. The highest BCUT2D eigenvalue weighted by molar-refractivity contribution is 6.68. The second-order valence-corrected chi connectivity index (χ2v) is 7.37. The van der Waals surface area contributed by atoms with E-state index in [1.165, 1.54) is 7.05 Å². The van der Waals surface area contributed by atoms with Gasteiger partial charge in [-0.05, 0) is 19.6 Å². The lowest BCUT2D eigenvalue weighted by molar-refractivity contribution is -0.397. The summed E-state index contributed by atoms with van der Waals surface area (Å²) in [6, 6.07) is 0. The average Bonchev–Trinajstić information content (AvgIpc) is 1.62. The van der Waals surface area contributed by atoms with Crippen LogP contribution in [-0.4, -0.2) is 19.8 Å². The van der Waals surface area contributed by atoms with E-state index < -0.39 is 8.24 Å². The highest BCUT2D eigenvalue weighted by Gasteiger charge is 2.26. The van der Waals surface area contributed by atoms with Gasteiger partial charge in [-0.1, -0.05) is 5.11 Å². The summed E-state index contributed by atoms with van der Waals surface area (Å²) in [5, 5.41) is 14.1. The van der Waals surface area contributed by atoms with Gasteiger partial charge in [0.15, 0.2) is 0 Å². The molecule has 0 atom stereocenters. The molecule has 0 unspecified atom stereocenters. The standard InChI is InChI=1S/C4H12N2OSi/c1-5-6(7)8(2,3)4/h1-4H3. The highest BCUT2D eigenvalue weighted by Crippen LogP contribution is 2.00. The molecule has 0 aliphatic heterocycles. The van der Waals surface area contributed by atoms with E-state index in [1.54, 1.807) is 0 Å². The molecule has 0 heterocycles. The largest absolute Gasteiger partial charge is 0.621 e. The summed E-state index contributed by atoms with van der Waals surface area (Å²) in [5.41, 5.74) is 0. The van der Waals surface area contributed by atoms with Gasteiger partial charge in [0.25, 0.3) is 0 Å². The van der Waals surface area contributed by atoms with Crippen molar-refractivity contribution in [2.45, 2.75) is 19.6 Å². The molecule has 0 aliphatic rings. The molecule has 4 heteroatoms. The Bertz CT molecular complexity index is 105. The summed E-state index contributed by atoms with van der Waals surface area (Å²) in [7, 11) is -0.130. The van der Waals surface area contributed by atoms with Crippen molar-refractivity contribution >= 4 is 8.24 Å². The molecule has 0 aromatic heterocycles. The molecule has 0 saturated carbocycles. The lowest BCUT2D eigenvalue weighted by Gasteiger charge is -2.10. The molecule has 48 valence electrons. The fourth-order valence-corrected chi connectivity index (χ4v) is 0.900. The van der Waals surface area contributed by atoms with Gasteiger partial charge in [0, 0.05) is 0 Å². The van der Waals surface area contributed by atoms with E-state index in [1.807, 2.05) is 19.6 Å². The zero-order valence-electron chi connectivity index (χ0n) is 5.80. The van der Waals surface area contributed by atoms with Crippen molar-refractivity contribution in [2.75, 3.05) is 7.05 Å². The first-order chi connectivity index (χ1) is 3.48. The summed E-state index contributed by atoms with van der Waals surface area (Å²) in [6.07, 6.45) is 0. The van der Waals surface area contributed by atoms with Gasteiger partial charge in [0.2, 0.25) is 0 Å². The Hall–Kier alpha value is -0.383. The van der Waals surface area contributed by atoms with E-state index in [9.17, 15) is 5.21 Å². The van der Waals surface area contributed by atoms with E-state index >= 15 is 0 Å². The van der Waals surface area contributed by atoms with E-state index in [0.29, 0.717) is 0 Å². The third-order valence-electron chi connectivity index (χ3n) is 0.756. The molecule has 0 saturated heterocycles. The maximum atomic E-state index is 10.6. The van der Waals surface area contributed by atoms with Crippen molar-refractivity contribution in [3.63, 3.8) is 0 Å². The molecular weight excluding hydrogens is 120 g/mol. The Kier molecular flexibility index (Phi) is 2.15. The molecule has 0 amide bonds. The van der Waals surface area contributed by atoms with Crippen molar-refractivity contribution in [3.8, 4) is 0 Å². The van der Waals surface area contributed by atoms with Crippen LogP contribution in [0.2, 0.25) is 19.6 Å². The first-order valence-electron chi connectivity index (χ1n) is 2.55. The lowest BCUT2D eigenvalue weighted by Crippen LogP contribution is -2.32. The van der Waals surface area contributed by atoms with Crippen molar-refractivity contribution in [1.82, 2.24) is 0 Å². The Balaban J connectivity index is 4.03. The van der Waals surface area contributed by atoms with Crippen LogP contribution in [0.15, 0.2) is 5.11 Å². The summed E-state index contributed by atoms with van der Waals surface area (Å²) in [6.45, 7) is 5.85. The minimum absolute atomic E-state index is 0.826. The zero-order chi connectivity index (χ0) is 6.78. The van der Waals surface area contributed by atoms with Gasteiger partial charge < -0.3 is 5.21 Å². The minimum atomic E-state index is -1.65. The van der Waals surface area contributed by atoms with E-state index in [4.69, 9.17) is 0 Å². The van der Waals surface area contributed by atoms with E-state index in [2.05, 4.69) is 5.11 Å². The van der Waals surface area contributed by atoms with Gasteiger partial charge in [0.1, 0.15) is 0 Å². The molecule has 8 heavy (non-hydrogen) atoms. The van der Waals surface area contributed by atoms with Gasteiger partial charge in [0.05, 0.1) is 7.05 Å². The summed E-state index contributed by atoms with van der Waals surface area (Å²) in [5.74, 6) is 0. The Labute approximate surface area is 50.7 Å². The normalized spacial score (nSPS) is 14.2. The smallest absolute Gasteiger partial charge is 0.389 e. The highest BCUT2D eigenvalue weighted by atomic mass is 28.3. The molecule has 3 nitrogen and oxygen atoms in total. The van der Waals surface area contributed by atoms with Gasteiger partial charge in [-0.25, -0.2) is 0 Å². The van der Waals surface area contributed by atoms with Crippen LogP contribution in [0.1, 0.15) is 0 Å². The molecule has 0 rings (SSSR count). The summed E-state index contributed by atoms with van der Waals surface area (Å²) in [4.78, 5) is 0. The Morgan fingerprint density at radius 1 is 1.38 bits per heavy atom. The van der Waals surface area contributed by atoms with Crippen LogP contribution >= 0.6 is 0 Å². The molecule has 0 aliphatic carbocycles. The molecule has 0 radical (unpaired) electrons. The third-order valence-corrected chi connectivity index (χ3v) is 2.10. The SMILES string of the molecule is CN=[N+]([O-])[Si](C)(C)C. The Morgan fingerprint density at radius 3 is 1.75 bits per heavy atom. The second kappa shape index (κ2) is 2.26. The van der Waals surface area contributed by atoms with Gasteiger partial charge in [-0.2, -0.15) is 4.53 Å². The molecule has 0 N–H and O–H groups in total. The van der Waals surface area contributed by atoms with Gasteiger partial charge >= 0.3 is 8.24 Å². The topological polar surface area (TPSA) is 38.4 Å². The van der Waals surface area contributed by atoms with E-state index in [-0.39, 0.29) is 0 Å². The Morgan fingerprint density at radius 2 is 1.75 bits per heavy atom. The van der Waals surface area contributed by atoms with Crippen LogP contribution in [0.25, 0.3) is 0 Å². The predicted octanol–water partition coefficient (Wildman–Crippen LogP) is 1.41. The molecule has 0 bridgehead atoms. The minimum Gasteiger partial charge on any atom is -0.621 e. The summed E-state index contributed by atoms with van der Waals surface area (Å²) < 4.78 is 0.826. The maximum absolute atomic E-state index is 10.6. The number of nitrogens with zero attached hydrogens (tertiary/aromatic N) is 2. The monoisotopic (exact) mass is 132 g/mol. The molecule has 0 aromatic carbocycles. The van der Waals surface area contributed by atoms with Crippen molar-refractivity contribution < 1.29 is 4.53 Å². The van der Waals surface area contributed by atoms with Crippen LogP contribution in [-0.2, 0) is 0 Å². The third kappa shape index (κ3) is 2.06. The van der Waals surface area contributed by atoms with Crippen LogP contribution < -0.4 is 0 Å². The van der Waals surface area contributed by atoms with Gasteiger partial charge in [-0.15, -0.1) is 0 Å². The molecular formula is C4H12N2OSi. The molecule has 0 fully saturated rings. The predicted molar refractivity (Wildman–Crippen MR) is 35.3 cm³/mol. The number of rotatable bonds is 1. The van der Waals surface area contributed by atoms with Crippen LogP contribution in [0.5, 0.6) is 0 Å². The zero-order valence-corrected chi connectivity index (χ0v) is 6.80. The van der Waals surface area contributed by atoms with Crippen molar-refractivity contribution in [1.29, 1.82) is 0 Å². The van der Waals surface area contributed by atoms with E-state index in [0.717, 1.165) is 4.53 Å². The molecule has 0 aromatic rings. The van der Waals surface area contributed by atoms with Crippen molar-refractivity contribution in [2.24, 2.45) is 5.11 Å². The first-order valence-corrected chi connectivity index (χ1v) is 6.00. The number of hydrogen-bond acceptors (Lipinski definition) is 2. The first kappa shape index (κ1) is 7.62. The molecule has 0 spiro atoms. The van der Waals surface area contributed by atoms with Crippen LogP contribution in [0.3, 0.4) is 0 Å². The summed E-state index contributed by atoms with van der Waals surface area (Å²) >= 11 is 0. The fraction of sp³-hybridized carbons (Fsp3) is 1.00. The average molecular weight is 132 g/mol. The second-order valence-electron chi connectivity index (χ2n) is 2.64. The van der Waals surface area contributed by atoms with Crippen LogP contribution in [0, 0.1) is 5.21 Å². The van der Waals surface area contributed by atoms with Crippen molar-refractivity contribution in [3.05, 3.63) is 5.21 Å². The number of hydrogen-bond donors (Lipinski definition) is 0. The maximum Gasteiger partial charge on any atom is 0.389 e.